The first-order valence-electron chi connectivity index (χ1n) is 13.0. The summed E-state index contributed by atoms with van der Waals surface area (Å²) in [7, 11) is 0.723. The van der Waals surface area contributed by atoms with Gasteiger partial charge >= 0.3 is 0 Å². The summed E-state index contributed by atoms with van der Waals surface area (Å²) in [5.41, 5.74) is 3.76. The number of rotatable bonds is 7. The van der Waals surface area contributed by atoms with Gasteiger partial charge in [-0.25, -0.2) is 22.8 Å². The molecule has 0 saturated heterocycles. The van der Waals surface area contributed by atoms with E-state index in [0.29, 0.717) is 50.3 Å². The number of anilines is 1. The van der Waals surface area contributed by atoms with Crippen LogP contribution in [0.1, 0.15) is 10.4 Å². The summed E-state index contributed by atoms with van der Waals surface area (Å²) >= 11 is 0. The largest absolute Gasteiger partial charge is 0.496 e. The van der Waals surface area contributed by atoms with E-state index in [2.05, 4.69) is 15.3 Å². The number of methoxy groups -OCH3 is 1. The van der Waals surface area contributed by atoms with Crippen LogP contribution in [0.4, 0.5) is 10.1 Å². The van der Waals surface area contributed by atoms with Crippen LogP contribution in [0.15, 0.2) is 81.8 Å². The highest BCUT2D eigenvalue weighted by Crippen LogP contribution is 2.43. The second kappa shape index (κ2) is 10.6. The van der Waals surface area contributed by atoms with E-state index in [4.69, 9.17) is 13.6 Å². The van der Waals surface area contributed by atoms with E-state index in [1.807, 2.05) is 0 Å². The van der Waals surface area contributed by atoms with Crippen molar-refractivity contribution in [2.24, 2.45) is 0 Å². The Balaban J connectivity index is 1.64. The number of fused-ring (bicyclic) bond motifs is 2. The van der Waals surface area contributed by atoms with E-state index >= 15 is 0 Å². The Morgan fingerprint density at radius 1 is 1.00 bits per heavy atom. The van der Waals surface area contributed by atoms with E-state index < -0.39 is 21.7 Å². The van der Waals surface area contributed by atoms with Crippen molar-refractivity contribution in [2.45, 2.75) is 0 Å². The molecule has 3 heterocycles. The maximum Gasteiger partial charge on any atom is 0.255 e. The second-order valence-electron chi connectivity index (χ2n) is 9.75. The lowest BCUT2D eigenvalue weighted by atomic mass is 9.97. The monoisotopic (exact) mass is 600 g/mol. The van der Waals surface area contributed by atoms with Gasteiger partial charge in [-0.3, -0.25) is 9.10 Å². The lowest BCUT2D eigenvalue weighted by molar-refractivity contribution is 0.0964. The quantitative estimate of drug-likeness (QED) is 0.241. The number of furan rings is 1. The van der Waals surface area contributed by atoms with Gasteiger partial charge in [0.15, 0.2) is 0 Å². The highest BCUT2D eigenvalue weighted by Gasteiger charge is 2.26. The van der Waals surface area contributed by atoms with E-state index in [1.54, 1.807) is 48.7 Å². The van der Waals surface area contributed by atoms with Crippen molar-refractivity contribution in [3.8, 4) is 39.7 Å². The van der Waals surface area contributed by atoms with Gasteiger partial charge in [0.05, 0.1) is 30.2 Å². The molecule has 6 aromatic rings. The number of carbonyl (C=O) groups excluding carboxylic acids is 1. The molecule has 0 spiro atoms. The molecule has 6 rings (SSSR count). The van der Waals surface area contributed by atoms with Crippen LogP contribution < -0.4 is 14.4 Å². The number of hydrogen-bond acceptors (Lipinski definition) is 8. The van der Waals surface area contributed by atoms with Gasteiger partial charge in [0, 0.05) is 42.9 Å². The number of hydrogen-bond donors (Lipinski definition) is 1. The van der Waals surface area contributed by atoms with E-state index in [1.165, 1.54) is 45.5 Å². The highest BCUT2D eigenvalue weighted by molar-refractivity contribution is 7.92. The van der Waals surface area contributed by atoms with Gasteiger partial charge in [-0.2, -0.15) is 0 Å². The number of carbonyl (C=O) groups is 1. The third-order valence-corrected chi connectivity index (χ3v) is 8.30. The van der Waals surface area contributed by atoms with Gasteiger partial charge in [0.25, 0.3) is 5.91 Å². The molecule has 1 amide bonds. The average Bonchev–Trinajstić information content (AvgIpc) is 3.61. The van der Waals surface area contributed by atoms with Gasteiger partial charge in [-0.05, 0) is 60.2 Å². The molecule has 0 saturated carbocycles. The predicted octanol–water partition coefficient (Wildman–Crippen LogP) is 5.87. The molecule has 0 atom stereocenters. The molecule has 0 aliphatic rings. The zero-order chi connectivity index (χ0) is 30.5. The van der Waals surface area contributed by atoms with Crippen LogP contribution in [0.5, 0.6) is 5.75 Å². The second-order valence-corrected chi connectivity index (χ2v) is 11.8. The van der Waals surface area contributed by atoms with Crippen molar-refractivity contribution in [1.82, 2.24) is 15.3 Å². The van der Waals surface area contributed by atoms with Crippen LogP contribution in [0.2, 0.25) is 0 Å². The highest BCUT2D eigenvalue weighted by atomic mass is 32.2. The van der Waals surface area contributed by atoms with Gasteiger partial charge in [0.2, 0.25) is 21.6 Å². The Morgan fingerprint density at radius 3 is 2.42 bits per heavy atom. The Morgan fingerprint density at radius 2 is 1.74 bits per heavy atom. The summed E-state index contributed by atoms with van der Waals surface area (Å²) in [4.78, 5) is 22.0. The number of nitrogens with one attached hydrogen (secondary N) is 1. The Bertz CT molecular complexity index is 2100. The predicted molar refractivity (Wildman–Crippen MR) is 161 cm³/mol. The first-order chi connectivity index (χ1) is 20.6. The Kier molecular flexibility index (Phi) is 6.85. The SMILES string of the molecule is CNC(=O)c1c(-c2ccc(F)cc2)oc2cc(N(C)S(C)(=O)=O)c(-c3ccc(OC)c(-c4nc5cccnc5o4)c3)cc12. The van der Waals surface area contributed by atoms with Crippen molar-refractivity contribution in [1.29, 1.82) is 0 Å². The molecule has 1 N–H and O–H groups in total. The molecule has 0 radical (unpaired) electrons. The molecule has 0 aliphatic heterocycles. The molecule has 0 unspecified atom stereocenters. The molecule has 0 fully saturated rings. The summed E-state index contributed by atoms with van der Waals surface area (Å²) < 4.78 is 58.0. The lowest BCUT2D eigenvalue weighted by Crippen LogP contribution is -2.25. The summed E-state index contributed by atoms with van der Waals surface area (Å²) in [6.07, 6.45) is 2.69. The van der Waals surface area contributed by atoms with Crippen molar-refractivity contribution in [3.63, 3.8) is 0 Å². The number of ether oxygens (including phenoxy) is 1. The van der Waals surface area contributed by atoms with E-state index in [9.17, 15) is 17.6 Å². The summed E-state index contributed by atoms with van der Waals surface area (Å²) in [5.74, 6) is 0.0871. The third-order valence-electron chi connectivity index (χ3n) is 7.11. The maximum absolute atomic E-state index is 13.7. The van der Waals surface area contributed by atoms with Crippen LogP contribution >= 0.6 is 0 Å². The van der Waals surface area contributed by atoms with Crippen molar-refractivity contribution >= 4 is 43.8 Å². The van der Waals surface area contributed by atoms with Crippen molar-refractivity contribution in [2.75, 3.05) is 31.8 Å². The van der Waals surface area contributed by atoms with E-state index in [-0.39, 0.29) is 22.8 Å². The van der Waals surface area contributed by atoms with Gasteiger partial charge in [0.1, 0.15) is 28.4 Å². The molecule has 12 heteroatoms. The molecule has 0 bridgehead atoms. The molecular formula is C31H25FN4O6S. The molecular weight excluding hydrogens is 575 g/mol. The molecule has 43 heavy (non-hydrogen) atoms. The van der Waals surface area contributed by atoms with Crippen LogP contribution in [0, 0.1) is 5.82 Å². The standard InChI is InChI=1S/C31H25FN4O6S/c1-33-29(37)27-21-15-20(18-9-12-25(40-3)22(14-18)30-35-23-6-5-13-34-31(23)42-30)24(36(2)43(4,38)39)16-26(21)41-28(27)17-7-10-19(32)11-8-17/h5-16H,1-4H3,(H,33,37). The van der Waals surface area contributed by atoms with Gasteiger partial charge in [-0.1, -0.05) is 6.07 Å². The minimum atomic E-state index is -3.72. The number of benzene rings is 3. The molecule has 218 valence electrons. The normalized spacial score (nSPS) is 11.7. The number of aromatic nitrogens is 2. The average molecular weight is 601 g/mol. The Labute approximate surface area is 245 Å². The number of sulfonamides is 1. The molecule has 0 aliphatic carbocycles. The Hall–Kier alpha value is -5.23. The molecule has 10 nitrogen and oxygen atoms in total. The van der Waals surface area contributed by atoms with Crippen LogP contribution in [-0.2, 0) is 10.0 Å². The fourth-order valence-electron chi connectivity index (χ4n) is 4.89. The molecule has 3 aromatic heterocycles. The van der Waals surface area contributed by atoms with Crippen molar-refractivity contribution < 1.29 is 31.2 Å². The van der Waals surface area contributed by atoms with Gasteiger partial charge in [-0.15, -0.1) is 0 Å². The van der Waals surface area contributed by atoms with Crippen LogP contribution in [0.25, 0.3) is 56.1 Å². The minimum absolute atomic E-state index is 0.217. The van der Waals surface area contributed by atoms with Gasteiger partial charge < -0.3 is 18.9 Å². The number of pyridine rings is 1. The minimum Gasteiger partial charge on any atom is -0.496 e. The zero-order valence-electron chi connectivity index (χ0n) is 23.5. The number of halogens is 1. The molecule has 3 aromatic carbocycles. The fourth-order valence-corrected chi connectivity index (χ4v) is 5.39. The smallest absolute Gasteiger partial charge is 0.255 e. The summed E-state index contributed by atoms with van der Waals surface area (Å²) in [5, 5.41) is 3.07. The summed E-state index contributed by atoms with van der Waals surface area (Å²) in [6, 6.07) is 17.6. The maximum atomic E-state index is 13.7. The number of oxazole rings is 1. The number of nitrogens with zero attached hydrogens (tertiary/aromatic N) is 3. The van der Waals surface area contributed by atoms with Crippen LogP contribution in [-0.4, -0.2) is 51.8 Å². The fraction of sp³-hybridized carbons (Fsp3) is 0.129. The first kappa shape index (κ1) is 27.9. The summed E-state index contributed by atoms with van der Waals surface area (Å²) in [6.45, 7) is 0. The topological polar surface area (TPSA) is 128 Å². The zero-order valence-corrected chi connectivity index (χ0v) is 24.3. The first-order valence-corrected chi connectivity index (χ1v) is 14.9. The van der Waals surface area contributed by atoms with E-state index in [0.717, 1.165) is 10.6 Å². The third kappa shape index (κ3) is 4.95. The number of amides is 1. The van der Waals surface area contributed by atoms with Crippen molar-refractivity contribution in [3.05, 3.63) is 84.3 Å². The lowest BCUT2D eigenvalue weighted by Gasteiger charge is -2.21. The van der Waals surface area contributed by atoms with Crippen LogP contribution in [0.3, 0.4) is 0 Å².